The number of nitrogens with one attached hydrogen (secondary N) is 1. The third-order valence-corrected chi connectivity index (χ3v) is 3.13. The van der Waals surface area contributed by atoms with Crippen molar-refractivity contribution in [2.75, 3.05) is 13.1 Å². The predicted molar refractivity (Wildman–Crippen MR) is 54.3 cm³/mol. The van der Waals surface area contributed by atoms with Crippen LogP contribution in [0.1, 0.15) is 46.0 Å². The molecule has 1 aliphatic rings. The van der Waals surface area contributed by atoms with Crippen molar-refractivity contribution < 1.29 is 0 Å². The molecule has 1 nitrogen and oxygen atoms in total. The molecule has 0 aliphatic heterocycles. The maximum absolute atomic E-state index is 3.48. The molecule has 0 amide bonds. The Kier molecular flexibility index (Phi) is 4.67. The smallest absolute Gasteiger partial charge is 0.00180 e. The van der Waals surface area contributed by atoms with Crippen LogP contribution >= 0.6 is 0 Å². The number of hydrogen-bond acceptors (Lipinski definition) is 1. The second kappa shape index (κ2) is 5.58. The van der Waals surface area contributed by atoms with Crippen LogP contribution < -0.4 is 5.32 Å². The molecule has 2 unspecified atom stereocenters. The first-order chi connectivity index (χ1) is 5.88. The zero-order valence-corrected chi connectivity index (χ0v) is 8.60. The Bertz CT molecular complexity index is 112. The van der Waals surface area contributed by atoms with Crippen LogP contribution in [0.15, 0.2) is 0 Å². The van der Waals surface area contributed by atoms with E-state index in [2.05, 4.69) is 19.2 Å². The average Bonchev–Trinajstić information content (AvgIpc) is 2.50. The molecule has 1 aliphatic carbocycles. The Hall–Kier alpha value is -0.0400. The van der Waals surface area contributed by atoms with E-state index in [0.717, 1.165) is 18.4 Å². The Morgan fingerprint density at radius 1 is 1.17 bits per heavy atom. The fraction of sp³-hybridized carbons (Fsp3) is 1.00. The van der Waals surface area contributed by atoms with Gasteiger partial charge in [-0.2, -0.15) is 0 Å². The molecule has 12 heavy (non-hydrogen) atoms. The minimum Gasteiger partial charge on any atom is -0.317 e. The minimum atomic E-state index is 0.991. The molecule has 0 bridgehead atoms. The first-order valence-corrected chi connectivity index (χ1v) is 5.59. The minimum absolute atomic E-state index is 0.991. The molecule has 2 atom stereocenters. The Labute approximate surface area is 76.9 Å². The second-order valence-corrected chi connectivity index (χ2v) is 4.05. The van der Waals surface area contributed by atoms with Crippen molar-refractivity contribution in [2.45, 2.75) is 46.0 Å². The molecule has 0 aromatic carbocycles. The van der Waals surface area contributed by atoms with E-state index < -0.39 is 0 Å². The largest absolute Gasteiger partial charge is 0.317 e. The van der Waals surface area contributed by atoms with Crippen LogP contribution in [0.25, 0.3) is 0 Å². The van der Waals surface area contributed by atoms with Crippen LogP contribution in [0.2, 0.25) is 0 Å². The molecule has 1 N–H and O–H groups in total. The van der Waals surface area contributed by atoms with Crippen molar-refractivity contribution in [2.24, 2.45) is 11.8 Å². The van der Waals surface area contributed by atoms with Crippen LogP contribution in [0.4, 0.5) is 0 Å². The lowest BCUT2D eigenvalue weighted by Crippen LogP contribution is -2.24. The summed E-state index contributed by atoms with van der Waals surface area (Å²) in [5.74, 6) is 2.03. The summed E-state index contributed by atoms with van der Waals surface area (Å²) in [4.78, 5) is 0. The quantitative estimate of drug-likeness (QED) is 0.667. The topological polar surface area (TPSA) is 12.0 Å². The van der Waals surface area contributed by atoms with Gasteiger partial charge in [0, 0.05) is 0 Å². The highest BCUT2D eigenvalue weighted by Gasteiger charge is 2.25. The van der Waals surface area contributed by atoms with Crippen molar-refractivity contribution in [1.29, 1.82) is 0 Å². The SMILES string of the molecule is CCCC1CCCC1CNCC. The standard InChI is InChI=1S/C11H23N/c1-3-6-10-7-5-8-11(10)9-12-4-2/h10-12H,3-9H2,1-2H3. The van der Waals surface area contributed by atoms with Crippen LogP contribution in [0.5, 0.6) is 0 Å². The van der Waals surface area contributed by atoms with E-state index in [4.69, 9.17) is 0 Å². The molecule has 1 saturated carbocycles. The fourth-order valence-corrected chi connectivity index (χ4v) is 2.46. The van der Waals surface area contributed by atoms with Gasteiger partial charge in [-0.05, 0) is 31.3 Å². The molecular weight excluding hydrogens is 146 g/mol. The third-order valence-electron chi connectivity index (χ3n) is 3.13. The summed E-state index contributed by atoms with van der Waals surface area (Å²) in [7, 11) is 0. The Morgan fingerprint density at radius 3 is 2.58 bits per heavy atom. The zero-order chi connectivity index (χ0) is 8.81. The van der Waals surface area contributed by atoms with Gasteiger partial charge in [-0.15, -0.1) is 0 Å². The first kappa shape index (κ1) is 10.0. The van der Waals surface area contributed by atoms with Gasteiger partial charge in [0.05, 0.1) is 0 Å². The van der Waals surface area contributed by atoms with Gasteiger partial charge in [0.15, 0.2) is 0 Å². The summed E-state index contributed by atoms with van der Waals surface area (Å²) in [6.07, 6.45) is 7.26. The molecule has 1 fully saturated rings. The second-order valence-electron chi connectivity index (χ2n) is 4.05. The number of hydrogen-bond donors (Lipinski definition) is 1. The molecule has 72 valence electrons. The summed E-state index contributed by atoms with van der Waals surface area (Å²) < 4.78 is 0. The van der Waals surface area contributed by atoms with Crippen molar-refractivity contribution >= 4 is 0 Å². The lowest BCUT2D eigenvalue weighted by Gasteiger charge is -2.18. The van der Waals surface area contributed by atoms with Gasteiger partial charge in [-0.1, -0.05) is 39.5 Å². The van der Waals surface area contributed by atoms with E-state index in [9.17, 15) is 0 Å². The predicted octanol–water partition coefficient (Wildman–Crippen LogP) is 2.81. The van der Waals surface area contributed by atoms with Crippen molar-refractivity contribution in [3.63, 3.8) is 0 Å². The number of rotatable bonds is 5. The van der Waals surface area contributed by atoms with E-state index in [-0.39, 0.29) is 0 Å². The maximum atomic E-state index is 3.48. The van der Waals surface area contributed by atoms with E-state index in [1.807, 2.05) is 0 Å². The van der Waals surface area contributed by atoms with E-state index in [1.54, 1.807) is 0 Å². The van der Waals surface area contributed by atoms with Gasteiger partial charge in [0.1, 0.15) is 0 Å². The average molecular weight is 169 g/mol. The summed E-state index contributed by atoms with van der Waals surface area (Å²) in [6.45, 7) is 6.91. The lowest BCUT2D eigenvalue weighted by atomic mass is 9.92. The molecular formula is C11H23N. The normalized spacial score (nSPS) is 29.5. The fourth-order valence-electron chi connectivity index (χ4n) is 2.46. The first-order valence-electron chi connectivity index (χ1n) is 5.59. The summed E-state index contributed by atoms with van der Waals surface area (Å²) in [5, 5.41) is 3.48. The van der Waals surface area contributed by atoms with Crippen LogP contribution in [-0.4, -0.2) is 13.1 Å². The van der Waals surface area contributed by atoms with Gasteiger partial charge in [0.25, 0.3) is 0 Å². The molecule has 0 aromatic heterocycles. The van der Waals surface area contributed by atoms with Crippen molar-refractivity contribution in [3.05, 3.63) is 0 Å². The lowest BCUT2D eigenvalue weighted by molar-refractivity contribution is 0.347. The molecule has 0 radical (unpaired) electrons. The highest BCUT2D eigenvalue weighted by Crippen LogP contribution is 2.34. The van der Waals surface area contributed by atoms with Gasteiger partial charge in [-0.3, -0.25) is 0 Å². The van der Waals surface area contributed by atoms with Gasteiger partial charge >= 0.3 is 0 Å². The summed E-state index contributed by atoms with van der Waals surface area (Å²) in [6, 6.07) is 0. The molecule has 0 saturated heterocycles. The molecule has 0 spiro atoms. The molecule has 1 heteroatoms. The Morgan fingerprint density at radius 2 is 1.92 bits per heavy atom. The molecule has 0 aromatic rings. The van der Waals surface area contributed by atoms with Crippen molar-refractivity contribution in [1.82, 2.24) is 5.32 Å². The van der Waals surface area contributed by atoms with Gasteiger partial charge < -0.3 is 5.32 Å². The van der Waals surface area contributed by atoms with Crippen molar-refractivity contribution in [3.8, 4) is 0 Å². The summed E-state index contributed by atoms with van der Waals surface area (Å²) in [5.41, 5.74) is 0. The maximum Gasteiger partial charge on any atom is -0.00180 e. The van der Waals surface area contributed by atoms with E-state index in [0.29, 0.717) is 0 Å². The van der Waals surface area contributed by atoms with E-state index >= 15 is 0 Å². The van der Waals surface area contributed by atoms with Crippen LogP contribution in [0.3, 0.4) is 0 Å². The molecule has 0 heterocycles. The van der Waals surface area contributed by atoms with E-state index in [1.165, 1.54) is 38.6 Å². The van der Waals surface area contributed by atoms with Gasteiger partial charge in [-0.25, -0.2) is 0 Å². The van der Waals surface area contributed by atoms with Gasteiger partial charge in [0.2, 0.25) is 0 Å². The summed E-state index contributed by atoms with van der Waals surface area (Å²) >= 11 is 0. The zero-order valence-electron chi connectivity index (χ0n) is 8.60. The monoisotopic (exact) mass is 169 g/mol. The molecule has 1 rings (SSSR count). The Balaban J connectivity index is 2.20. The van der Waals surface area contributed by atoms with Crippen LogP contribution in [0, 0.1) is 11.8 Å². The van der Waals surface area contributed by atoms with Crippen LogP contribution in [-0.2, 0) is 0 Å². The highest BCUT2D eigenvalue weighted by molar-refractivity contribution is 4.78. The third kappa shape index (κ3) is 2.78. The highest BCUT2D eigenvalue weighted by atomic mass is 14.8.